The fourth-order valence-electron chi connectivity index (χ4n) is 2.50. The van der Waals surface area contributed by atoms with E-state index in [-0.39, 0.29) is 24.0 Å². The van der Waals surface area contributed by atoms with E-state index >= 15 is 0 Å². The summed E-state index contributed by atoms with van der Waals surface area (Å²) in [5.41, 5.74) is 2.06. The smallest absolute Gasteiger partial charge is 0.191 e. The van der Waals surface area contributed by atoms with Crippen molar-refractivity contribution in [3.8, 4) is 5.75 Å². The van der Waals surface area contributed by atoms with E-state index in [0.29, 0.717) is 13.2 Å². The van der Waals surface area contributed by atoms with Crippen molar-refractivity contribution in [2.45, 2.75) is 19.9 Å². The quantitative estimate of drug-likeness (QED) is 0.236. The lowest BCUT2D eigenvalue weighted by Gasteiger charge is -2.11. The summed E-state index contributed by atoms with van der Waals surface area (Å²) < 4.78 is 7.68. The zero-order valence-corrected chi connectivity index (χ0v) is 17.9. The van der Waals surface area contributed by atoms with Crippen molar-refractivity contribution in [3.05, 3.63) is 60.0 Å². The van der Waals surface area contributed by atoms with Gasteiger partial charge in [0.15, 0.2) is 17.4 Å². The Bertz CT molecular complexity index is 862. The van der Waals surface area contributed by atoms with Gasteiger partial charge in [-0.3, -0.25) is 9.39 Å². The van der Waals surface area contributed by atoms with Crippen molar-refractivity contribution in [1.82, 2.24) is 25.2 Å². The maximum Gasteiger partial charge on any atom is 0.191 e. The normalized spacial score (nSPS) is 11.1. The highest BCUT2D eigenvalue weighted by atomic mass is 127. The molecule has 0 aliphatic carbocycles. The van der Waals surface area contributed by atoms with Crippen LogP contribution in [0.25, 0.3) is 5.65 Å². The number of halogens is 1. The summed E-state index contributed by atoms with van der Waals surface area (Å²) in [5.74, 6) is 2.47. The van der Waals surface area contributed by atoms with Gasteiger partial charge in [-0.15, -0.1) is 34.2 Å². The lowest BCUT2D eigenvalue weighted by Crippen LogP contribution is -2.38. The van der Waals surface area contributed by atoms with E-state index in [2.05, 4.69) is 32.7 Å². The molecule has 3 rings (SSSR count). The highest BCUT2D eigenvalue weighted by Gasteiger charge is 2.05. The Kier molecular flexibility index (Phi) is 8.31. The number of hydrogen-bond acceptors (Lipinski definition) is 4. The Balaban J connectivity index is 0.00000261. The third-order valence-electron chi connectivity index (χ3n) is 3.93. The zero-order chi connectivity index (χ0) is 18.2. The van der Waals surface area contributed by atoms with Crippen molar-refractivity contribution in [3.63, 3.8) is 0 Å². The topological polar surface area (TPSA) is 75.8 Å². The van der Waals surface area contributed by atoms with Crippen LogP contribution in [0.2, 0.25) is 0 Å². The van der Waals surface area contributed by atoms with Crippen LogP contribution in [-0.2, 0) is 6.54 Å². The first-order valence-corrected chi connectivity index (χ1v) is 8.69. The fourth-order valence-corrected chi connectivity index (χ4v) is 2.50. The first-order valence-electron chi connectivity index (χ1n) is 8.69. The maximum atomic E-state index is 5.72. The molecule has 0 saturated carbocycles. The van der Waals surface area contributed by atoms with Gasteiger partial charge in [-0.2, -0.15) is 0 Å². The number of aromatic nitrogens is 3. The molecule has 144 valence electrons. The van der Waals surface area contributed by atoms with E-state index in [9.17, 15) is 0 Å². The molecule has 0 spiro atoms. The molecule has 0 saturated heterocycles. The van der Waals surface area contributed by atoms with Gasteiger partial charge in [-0.25, -0.2) is 0 Å². The van der Waals surface area contributed by atoms with Gasteiger partial charge >= 0.3 is 0 Å². The second-order valence-corrected chi connectivity index (χ2v) is 5.91. The summed E-state index contributed by atoms with van der Waals surface area (Å²) in [6.45, 7) is 4.04. The van der Waals surface area contributed by atoms with Crippen LogP contribution in [0, 0.1) is 6.92 Å². The van der Waals surface area contributed by atoms with Crippen molar-refractivity contribution < 1.29 is 4.74 Å². The first kappa shape index (κ1) is 20.9. The number of rotatable bonds is 7. The molecule has 0 unspecified atom stereocenters. The maximum absolute atomic E-state index is 5.72. The SMILES string of the molecule is CN=C(NCCCOc1ccc(C)cc1)NCc1nnc2ccccn12.I. The molecule has 3 aromatic rings. The number of aliphatic imine (C=N–C) groups is 1. The molecule has 0 aliphatic rings. The number of aryl methyl sites for hydroxylation is 1. The standard InChI is InChI=1S/C19H24N6O.HI/c1-15-7-9-16(10-8-15)26-13-5-11-21-19(20-2)22-14-18-24-23-17-6-3-4-12-25(17)18;/h3-4,6-10,12H,5,11,13-14H2,1-2H3,(H2,20,21,22);1H. The van der Waals surface area contributed by atoms with Gasteiger partial charge in [0, 0.05) is 19.8 Å². The molecule has 0 aliphatic heterocycles. The molecular weight excluding hydrogens is 455 g/mol. The van der Waals surface area contributed by atoms with Gasteiger partial charge < -0.3 is 15.4 Å². The molecule has 0 bridgehead atoms. The monoisotopic (exact) mass is 480 g/mol. The molecule has 0 radical (unpaired) electrons. The van der Waals surface area contributed by atoms with E-state index in [1.54, 1.807) is 7.05 Å². The predicted molar refractivity (Wildman–Crippen MR) is 118 cm³/mol. The van der Waals surface area contributed by atoms with Gasteiger partial charge in [-0.1, -0.05) is 23.8 Å². The number of guanidine groups is 1. The minimum atomic E-state index is 0. The molecule has 8 heteroatoms. The predicted octanol–water partition coefficient (Wildman–Crippen LogP) is 2.79. The minimum absolute atomic E-state index is 0. The number of nitrogens with zero attached hydrogens (tertiary/aromatic N) is 4. The van der Waals surface area contributed by atoms with Crippen LogP contribution in [-0.4, -0.2) is 40.8 Å². The summed E-state index contributed by atoms with van der Waals surface area (Å²) in [5, 5.41) is 14.9. The van der Waals surface area contributed by atoms with Crippen LogP contribution in [0.5, 0.6) is 5.75 Å². The van der Waals surface area contributed by atoms with Crippen molar-refractivity contribution in [2.75, 3.05) is 20.2 Å². The molecule has 7 nitrogen and oxygen atoms in total. The Labute approximate surface area is 176 Å². The first-order chi connectivity index (χ1) is 12.8. The summed E-state index contributed by atoms with van der Waals surface area (Å²) in [7, 11) is 1.75. The summed E-state index contributed by atoms with van der Waals surface area (Å²) in [6.07, 6.45) is 2.83. The molecule has 2 aromatic heterocycles. The molecular formula is C19H25IN6O. The second-order valence-electron chi connectivity index (χ2n) is 5.91. The third-order valence-corrected chi connectivity index (χ3v) is 3.93. The number of fused-ring (bicyclic) bond motifs is 1. The van der Waals surface area contributed by atoms with E-state index in [1.165, 1.54) is 5.56 Å². The summed E-state index contributed by atoms with van der Waals surface area (Å²) in [6, 6.07) is 13.9. The third kappa shape index (κ3) is 6.09. The number of nitrogens with one attached hydrogen (secondary N) is 2. The summed E-state index contributed by atoms with van der Waals surface area (Å²) in [4.78, 5) is 4.23. The summed E-state index contributed by atoms with van der Waals surface area (Å²) >= 11 is 0. The zero-order valence-electron chi connectivity index (χ0n) is 15.6. The van der Waals surface area contributed by atoms with E-state index in [1.807, 2.05) is 53.1 Å². The van der Waals surface area contributed by atoms with Crippen molar-refractivity contribution in [2.24, 2.45) is 4.99 Å². The number of hydrogen-bond donors (Lipinski definition) is 2. The number of ether oxygens (including phenoxy) is 1. The lowest BCUT2D eigenvalue weighted by atomic mass is 10.2. The van der Waals surface area contributed by atoms with E-state index in [4.69, 9.17) is 4.74 Å². The highest BCUT2D eigenvalue weighted by Crippen LogP contribution is 2.11. The van der Waals surface area contributed by atoms with Gasteiger partial charge in [0.1, 0.15) is 5.75 Å². The van der Waals surface area contributed by atoms with Crippen molar-refractivity contribution in [1.29, 1.82) is 0 Å². The van der Waals surface area contributed by atoms with Crippen molar-refractivity contribution >= 4 is 35.6 Å². The van der Waals surface area contributed by atoms with Crippen LogP contribution >= 0.6 is 24.0 Å². The molecule has 1 aromatic carbocycles. The van der Waals surface area contributed by atoms with Gasteiger partial charge in [0.25, 0.3) is 0 Å². The van der Waals surface area contributed by atoms with Gasteiger partial charge in [-0.05, 0) is 37.6 Å². The van der Waals surface area contributed by atoms with Gasteiger partial charge in [0.05, 0.1) is 13.2 Å². The van der Waals surface area contributed by atoms with Gasteiger partial charge in [0.2, 0.25) is 0 Å². The lowest BCUT2D eigenvalue weighted by molar-refractivity contribution is 0.311. The Morgan fingerprint density at radius 3 is 2.70 bits per heavy atom. The molecule has 0 fully saturated rings. The molecule has 27 heavy (non-hydrogen) atoms. The van der Waals surface area contributed by atoms with Crippen LogP contribution in [0.3, 0.4) is 0 Å². The average molecular weight is 480 g/mol. The van der Waals surface area contributed by atoms with E-state index in [0.717, 1.165) is 36.1 Å². The Morgan fingerprint density at radius 1 is 1.11 bits per heavy atom. The Hall–Kier alpha value is -2.36. The molecule has 2 heterocycles. The van der Waals surface area contributed by atoms with Crippen LogP contribution < -0.4 is 15.4 Å². The van der Waals surface area contributed by atoms with E-state index < -0.39 is 0 Å². The largest absolute Gasteiger partial charge is 0.494 e. The second kappa shape index (κ2) is 10.7. The number of pyridine rings is 1. The molecule has 0 amide bonds. The van der Waals surface area contributed by atoms with Crippen LogP contribution in [0.15, 0.2) is 53.7 Å². The minimum Gasteiger partial charge on any atom is -0.494 e. The molecule has 2 N–H and O–H groups in total. The number of benzene rings is 1. The average Bonchev–Trinajstić information content (AvgIpc) is 3.08. The fraction of sp³-hybridized carbons (Fsp3) is 0.316. The molecule has 0 atom stereocenters. The van der Waals surface area contributed by atoms with Crippen LogP contribution in [0.4, 0.5) is 0 Å². The highest BCUT2D eigenvalue weighted by molar-refractivity contribution is 14.0. The Morgan fingerprint density at radius 2 is 1.93 bits per heavy atom. The van der Waals surface area contributed by atoms with Crippen LogP contribution in [0.1, 0.15) is 17.8 Å².